The van der Waals surface area contributed by atoms with Gasteiger partial charge in [-0.3, -0.25) is 24.3 Å². The van der Waals surface area contributed by atoms with E-state index in [0.29, 0.717) is 17.7 Å². The highest BCUT2D eigenvalue weighted by atomic mass is 32.2. The maximum atomic E-state index is 12.9. The number of nitrogens with one attached hydrogen (secondary N) is 2. The Hall–Kier alpha value is -4.04. The number of oxime groups is 1. The normalized spacial score (nSPS) is 19.7. The lowest BCUT2D eigenvalue weighted by Crippen LogP contribution is -2.71. The lowest BCUT2D eigenvalue weighted by molar-refractivity contribution is -0.150. The highest BCUT2D eigenvalue weighted by Gasteiger charge is 2.54. The smallest absolute Gasteiger partial charge is 0.352 e. The van der Waals surface area contributed by atoms with Gasteiger partial charge < -0.3 is 20.6 Å². The summed E-state index contributed by atoms with van der Waals surface area (Å²) in [5, 5.41) is 19.6. The van der Waals surface area contributed by atoms with E-state index in [0.717, 1.165) is 16.9 Å². The zero-order chi connectivity index (χ0) is 24.9. The Morgan fingerprint density at radius 3 is 2.89 bits per heavy atom. The maximum Gasteiger partial charge on any atom is 0.352 e. The van der Waals surface area contributed by atoms with E-state index in [1.807, 2.05) is 6.07 Å². The highest BCUT2D eigenvalue weighted by Crippen LogP contribution is 2.40. The monoisotopic (exact) mass is 514 g/mol. The number of carboxylic acids is 1. The minimum atomic E-state index is -1.24. The van der Waals surface area contributed by atoms with Crippen molar-refractivity contribution >= 4 is 64.2 Å². The van der Waals surface area contributed by atoms with Crippen LogP contribution >= 0.6 is 23.1 Å². The number of carboxylic acid groups (broad SMARTS) is 1. The van der Waals surface area contributed by atoms with Gasteiger partial charge in [-0.1, -0.05) is 23.4 Å². The zero-order valence-electron chi connectivity index (χ0n) is 18.1. The number of nitrogens with zero attached hydrogens (tertiary/aromatic N) is 4. The third-order valence-electron chi connectivity index (χ3n) is 4.98. The molecule has 0 saturated carbocycles. The number of carbonyl (C=O) groups excluding carboxylic acids is 3. The first kappa shape index (κ1) is 24.1. The molecule has 2 aliphatic heterocycles. The lowest BCUT2D eigenvalue weighted by atomic mass is 10.0. The summed E-state index contributed by atoms with van der Waals surface area (Å²) in [7, 11) is 1.25. The van der Waals surface area contributed by atoms with Gasteiger partial charge in [-0.25, -0.2) is 9.78 Å². The molecule has 0 bridgehead atoms. The molecule has 0 radical (unpaired) electrons. The molecular formula is C21H18N6O6S2. The average molecular weight is 515 g/mol. The Kier molecular flexibility index (Phi) is 7.22. The van der Waals surface area contributed by atoms with Crippen LogP contribution in [0.15, 0.2) is 52.4 Å². The van der Waals surface area contributed by atoms with Crippen molar-refractivity contribution in [2.45, 2.75) is 11.4 Å². The number of rotatable bonds is 9. The van der Waals surface area contributed by atoms with Gasteiger partial charge in [0.05, 0.1) is 0 Å². The van der Waals surface area contributed by atoms with E-state index in [9.17, 15) is 24.3 Å². The van der Waals surface area contributed by atoms with Crippen LogP contribution in [-0.4, -0.2) is 74.2 Å². The zero-order valence-corrected chi connectivity index (χ0v) is 19.7. The number of anilines is 1. The number of aliphatic carboxylic acids is 1. The number of hydrogen-bond donors (Lipinski definition) is 3. The summed E-state index contributed by atoms with van der Waals surface area (Å²) in [5.74, 6) is -2.20. The van der Waals surface area contributed by atoms with Crippen LogP contribution in [0.1, 0.15) is 11.3 Å². The maximum absolute atomic E-state index is 12.9. The summed E-state index contributed by atoms with van der Waals surface area (Å²) in [5.41, 5.74) is 1.09. The Morgan fingerprint density at radius 1 is 1.37 bits per heavy atom. The van der Waals surface area contributed by atoms with E-state index in [1.165, 1.54) is 29.2 Å². The Balaban J connectivity index is 1.52. The molecule has 0 aromatic carbocycles. The molecule has 2 aromatic rings. The third-order valence-corrected chi connectivity index (χ3v) is 7.05. The van der Waals surface area contributed by atoms with Gasteiger partial charge in [0.25, 0.3) is 11.8 Å². The number of allylic oxidation sites excluding steroid dienone is 1. The third kappa shape index (κ3) is 4.93. The molecule has 1 saturated heterocycles. The van der Waals surface area contributed by atoms with Crippen molar-refractivity contribution in [3.63, 3.8) is 0 Å². The van der Waals surface area contributed by atoms with Crippen LogP contribution in [-0.2, 0) is 24.0 Å². The van der Waals surface area contributed by atoms with Crippen molar-refractivity contribution in [3.05, 3.63) is 58.5 Å². The van der Waals surface area contributed by atoms with Gasteiger partial charge in [0, 0.05) is 23.5 Å². The van der Waals surface area contributed by atoms with E-state index in [2.05, 4.69) is 25.8 Å². The molecule has 1 fully saturated rings. The number of thiazole rings is 1. The molecule has 0 aliphatic carbocycles. The van der Waals surface area contributed by atoms with Gasteiger partial charge in [-0.15, -0.1) is 23.1 Å². The van der Waals surface area contributed by atoms with Crippen molar-refractivity contribution < 1.29 is 29.1 Å². The number of carbonyl (C=O) groups is 4. The Labute approximate surface area is 206 Å². The van der Waals surface area contributed by atoms with Crippen LogP contribution in [0.2, 0.25) is 0 Å². The Bertz CT molecular complexity index is 1260. The predicted octanol–water partition coefficient (Wildman–Crippen LogP) is 0.909. The average Bonchev–Trinajstić information content (AvgIpc) is 3.32. The van der Waals surface area contributed by atoms with Crippen LogP contribution in [0.4, 0.5) is 5.13 Å². The van der Waals surface area contributed by atoms with Gasteiger partial charge in [-0.2, -0.15) is 0 Å². The standard InChI is InChI=1S/C21H18N6O6S2/c1-33-26-14(13-9-35-21(24-13)23-10-28)17(29)25-15-18(30)27-16(20(31)32)12(8-34-19(15)27)5-4-11-3-2-6-22-7-11/h2-7,9-10,15,19H,8H2,1H3,(H,25,29)(H,31,32)(H,23,24,28)/t15?,19-/m0/s1. The van der Waals surface area contributed by atoms with Crippen molar-refractivity contribution in [2.24, 2.45) is 5.16 Å². The molecular weight excluding hydrogens is 496 g/mol. The molecule has 2 atom stereocenters. The van der Waals surface area contributed by atoms with Crippen LogP contribution in [0.25, 0.3) is 6.08 Å². The van der Waals surface area contributed by atoms with Gasteiger partial charge in [-0.05, 0) is 17.2 Å². The summed E-state index contributed by atoms with van der Waals surface area (Å²) >= 11 is 2.41. The van der Waals surface area contributed by atoms with Crippen molar-refractivity contribution in [1.82, 2.24) is 20.2 Å². The number of β-lactam (4-membered cyclic amide) rings is 1. The topological polar surface area (TPSA) is 163 Å². The minimum absolute atomic E-state index is 0.126. The number of aromatic nitrogens is 2. The van der Waals surface area contributed by atoms with Gasteiger partial charge >= 0.3 is 5.97 Å². The number of thioether (sulfide) groups is 1. The first-order valence-electron chi connectivity index (χ1n) is 10.0. The fourth-order valence-electron chi connectivity index (χ4n) is 3.45. The van der Waals surface area contributed by atoms with Crippen LogP contribution < -0.4 is 10.6 Å². The molecule has 4 rings (SSSR count). The number of fused-ring (bicyclic) bond motifs is 1. The lowest BCUT2D eigenvalue weighted by Gasteiger charge is -2.49. The van der Waals surface area contributed by atoms with E-state index in [1.54, 1.807) is 30.6 Å². The first-order valence-corrected chi connectivity index (χ1v) is 11.9. The van der Waals surface area contributed by atoms with Crippen molar-refractivity contribution in [1.29, 1.82) is 0 Å². The fraction of sp³-hybridized carbons (Fsp3) is 0.190. The van der Waals surface area contributed by atoms with E-state index < -0.39 is 29.2 Å². The molecule has 180 valence electrons. The number of hydrogen-bond acceptors (Lipinski definition) is 10. The summed E-state index contributed by atoms with van der Waals surface area (Å²) < 4.78 is 0. The number of amides is 3. The molecule has 3 amide bonds. The molecule has 35 heavy (non-hydrogen) atoms. The second-order valence-corrected chi connectivity index (χ2v) is 9.05. The highest BCUT2D eigenvalue weighted by molar-refractivity contribution is 8.00. The summed E-state index contributed by atoms with van der Waals surface area (Å²) in [6.45, 7) is 0. The summed E-state index contributed by atoms with van der Waals surface area (Å²) in [4.78, 5) is 62.4. The number of pyridine rings is 1. The molecule has 14 heteroatoms. The van der Waals surface area contributed by atoms with E-state index >= 15 is 0 Å². The molecule has 4 heterocycles. The van der Waals surface area contributed by atoms with Crippen LogP contribution in [0.3, 0.4) is 0 Å². The van der Waals surface area contributed by atoms with E-state index in [-0.39, 0.29) is 22.2 Å². The minimum Gasteiger partial charge on any atom is -0.477 e. The van der Waals surface area contributed by atoms with Crippen molar-refractivity contribution in [2.75, 3.05) is 18.2 Å². The SMILES string of the molecule is CON=C(C(=O)NC1C(=O)N2C(C(=O)O)=C(C=Cc3cccnc3)CS[C@@H]12)c1csc(NC=O)n1. The first-order chi connectivity index (χ1) is 16.9. The summed E-state index contributed by atoms with van der Waals surface area (Å²) in [6.07, 6.45) is 7.09. The Morgan fingerprint density at radius 2 is 2.20 bits per heavy atom. The second kappa shape index (κ2) is 10.5. The fourth-order valence-corrected chi connectivity index (χ4v) is 5.42. The molecule has 3 N–H and O–H groups in total. The molecule has 1 unspecified atom stereocenters. The molecule has 12 nitrogen and oxygen atoms in total. The summed E-state index contributed by atoms with van der Waals surface area (Å²) in [6, 6.07) is 2.62. The quantitative estimate of drug-likeness (QED) is 0.191. The largest absolute Gasteiger partial charge is 0.477 e. The van der Waals surface area contributed by atoms with Gasteiger partial charge in [0.1, 0.15) is 29.9 Å². The van der Waals surface area contributed by atoms with Gasteiger partial charge in [0.2, 0.25) is 6.41 Å². The van der Waals surface area contributed by atoms with E-state index in [4.69, 9.17) is 4.84 Å². The van der Waals surface area contributed by atoms with Crippen LogP contribution in [0, 0.1) is 0 Å². The molecule has 2 aromatic heterocycles. The van der Waals surface area contributed by atoms with Gasteiger partial charge in [0.15, 0.2) is 10.8 Å². The van der Waals surface area contributed by atoms with Crippen LogP contribution in [0.5, 0.6) is 0 Å². The predicted molar refractivity (Wildman–Crippen MR) is 128 cm³/mol. The van der Waals surface area contributed by atoms with Crippen molar-refractivity contribution in [3.8, 4) is 0 Å². The second-order valence-electron chi connectivity index (χ2n) is 7.08. The molecule has 0 spiro atoms. The molecule has 2 aliphatic rings.